The van der Waals surface area contributed by atoms with Crippen molar-refractivity contribution in [1.29, 1.82) is 0 Å². The van der Waals surface area contributed by atoms with Crippen molar-refractivity contribution in [1.82, 2.24) is 10.2 Å². The van der Waals surface area contributed by atoms with Crippen LogP contribution in [0.25, 0.3) is 0 Å². The van der Waals surface area contributed by atoms with Gasteiger partial charge in [0, 0.05) is 23.4 Å². The highest BCUT2D eigenvalue weighted by atomic mass is 35.5. The fourth-order valence-electron chi connectivity index (χ4n) is 3.93. The van der Waals surface area contributed by atoms with Crippen LogP contribution < -0.4 is 5.32 Å². The third-order valence-electron chi connectivity index (χ3n) is 5.74. The largest absolute Gasteiger partial charge is 0.352 e. The summed E-state index contributed by atoms with van der Waals surface area (Å²) in [6.45, 7) is 2.37. The van der Waals surface area contributed by atoms with E-state index in [9.17, 15) is 9.59 Å². The molecular formula is C25H31ClN2O2S. The molecule has 6 heteroatoms. The molecule has 1 N–H and O–H groups in total. The maximum absolute atomic E-state index is 13.1. The number of carbonyl (C=O) groups is 2. The Bertz CT molecular complexity index is 856. The Labute approximate surface area is 194 Å². The van der Waals surface area contributed by atoms with E-state index in [1.165, 1.54) is 0 Å². The lowest BCUT2D eigenvalue weighted by Gasteiger charge is -2.29. The molecule has 0 saturated heterocycles. The topological polar surface area (TPSA) is 49.4 Å². The monoisotopic (exact) mass is 458 g/mol. The fraction of sp³-hybridized carbons (Fsp3) is 0.440. The lowest BCUT2D eigenvalue weighted by atomic mass is 10.1. The van der Waals surface area contributed by atoms with Crippen molar-refractivity contribution in [3.05, 3.63) is 70.7 Å². The highest BCUT2D eigenvalue weighted by molar-refractivity contribution is 7.99. The number of nitrogens with one attached hydrogen (secondary N) is 1. The fourth-order valence-corrected chi connectivity index (χ4v) is 5.00. The van der Waals surface area contributed by atoms with E-state index in [1.807, 2.05) is 49.4 Å². The SMILES string of the molecule is C[C@H](C(=O)NC1CCCC1)N(CCc1ccccc1)C(=O)CSCc1cccc(Cl)c1. The van der Waals surface area contributed by atoms with E-state index in [2.05, 4.69) is 17.4 Å². The van der Waals surface area contributed by atoms with Crippen LogP contribution in [0.3, 0.4) is 0 Å². The zero-order valence-electron chi connectivity index (χ0n) is 18.1. The second kappa shape index (κ2) is 12.2. The minimum Gasteiger partial charge on any atom is -0.352 e. The van der Waals surface area contributed by atoms with Crippen LogP contribution >= 0.6 is 23.4 Å². The molecular weight excluding hydrogens is 428 g/mol. The molecule has 31 heavy (non-hydrogen) atoms. The second-order valence-electron chi connectivity index (χ2n) is 8.11. The number of hydrogen-bond donors (Lipinski definition) is 1. The molecule has 2 aromatic rings. The molecule has 0 aromatic heterocycles. The van der Waals surface area contributed by atoms with Gasteiger partial charge in [0.25, 0.3) is 0 Å². The molecule has 0 radical (unpaired) electrons. The molecule has 166 valence electrons. The molecule has 1 fully saturated rings. The van der Waals surface area contributed by atoms with Gasteiger partial charge in [-0.05, 0) is 49.4 Å². The minimum absolute atomic E-state index is 0.00275. The summed E-state index contributed by atoms with van der Waals surface area (Å²) < 4.78 is 0. The van der Waals surface area contributed by atoms with Crippen LogP contribution in [0.2, 0.25) is 5.02 Å². The molecule has 0 unspecified atom stereocenters. The van der Waals surface area contributed by atoms with Crippen LogP contribution in [0.4, 0.5) is 0 Å². The van der Waals surface area contributed by atoms with Gasteiger partial charge >= 0.3 is 0 Å². The maximum atomic E-state index is 13.1. The number of hydrogen-bond acceptors (Lipinski definition) is 3. The average Bonchev–Trinajstić information content (AvgIpc) is 3.27. The number of carbonyl (C=O) groups excluding carboxylic acids is 2. The van der Waals surface area contributed by atoms with E-state index in [-0.39, 0.29) is 17.9 Å². The zero-order valence-corrected chi connectivity index (χ0v) is 19.6. The maximum Gasteiger partial charge on any atom is 0.242 e. The smallest absolute Gasteiger partial charge is 0.242 e. The summed E-state index contributed by atoms with van der Waals surface area (Å²) in [5, 5.41) is 3.85. The first-order valence-corrected chi connectivity index (χ1v) is 12.5. The van der Waals surface area contributed by atoms with Crippen molar-refractivity contribution in [2.45, 2.75) is 56.9 Å². The van der Waals surface area contributed by atoms with Gasteiger partial charge in [0.2, 0.25) is 11.8 Å². The zero-order chi connectivity index (χ0) is 22.1. The molecule has 1 aliphatic rings. The number of nitrogens with zero attached hydrogens (tertiary/aromatic N) is 1. The summed E-state index contributed by atoms with van der Waals surface area (Å²) in [6.07, 6.45) is 5.12. The molecule has 2 amide bonds. The van der Waals surface area contributed by atoms with Crippen molar-refractivity contribution in [3.8, 4) is 0 Å². The number of amides is 2. The van der Waals surface area contributed by atoms with Crippen LogP contribution in [-0.4, -0.2) is 41.1 Å². The Morgan fingerprint density at radius 2 is 1.81 bits per heavy atom. The van der Waals surface area contributed by atoms with E-state index in [0.717, 1.165) is 43.2 Å². The Hall–Kier alpha value is -1.98. The number of halogens is 1. The summed E-state index contributed by atoms with van der Waals surface area (Å²) in [6, 6.07) is 17.5. The number of benzene rings is 2. The molecule has 4 nitrogen and oxygen atoms in total. The van der Waals surface area contributed by atoms with Crippen molar-refractivity contribution in [2.75, 3.05) is 12.3 Å². The van der Waals surface area contributed by atoms with E-state index < -0.39 is 6.04 Å². The molecule has 0 aliphatic heterocycles. The van der Waals surface area contributed by atoms with Gasteiger partial charge in [0.1, 0.15) is 6.04 Å². The highest BCUT2D eigenvalue weighted by Crippen LogP contribution is 2.19. The Morgan fingerprint density at radius 1 is 1.10 bits per heavy atom. The first-order chi connectivity index (χ1) is 15.0. The Balaban J connectivity index is 1.60. The first kappa shape index (κ1) is 23.7. The second-order valence-corrected chi connectivity index (χ2v) is 9.53. The van der Waals surface area contributed by atoms with Crippen molar-refractivity contribution < 1.29 is 9.59 Å². The molecule has 0 bridgehead atoms. The number of rotatable bonds is 10. The van der Waals surface area contributed by atoms with E-state index in [0.29, 0.717) is 23.1 Å². The van der Waals surface area contributed by atoms with Crippen LogP contribution in [-0.2, 0) is 21.8 Å². The molecule has 1 saturated carbocycles. The summed E-state index contributed by atoms with van der Waals surface area (Å²) >= 11 is 7.61. The summed E-state index contributed by atoms with van der Waals surface area (Å²) in [5.74, 6) is 0.995. The van der Waals surface area contributed by atoms with Gasteiger partial charge in [-0.3, -0.25) is 9.59 Å². The van der Waals surface area contributed by atoms with Crippen molar-refractivity contribution >= 4 is 35.2 Å². The normalized spacial score (nSPS) is 14.9. The molecule has 2 aromatic carbocycles. The van der Waals surface area contributed by atoms with Gasteiger partial charge in [0.15, 0.2) is 0 Å². The predicted octanol–water partition coefficient (Wildman–Crippen LogP) is 5.09. The van der Waals surface area contributed by atoms with E-state index in [1.54, 1.807) is 16.7 Å². The lowest BCUT2D eigenvalue weighted by Crippen LogP contribution is -2.51. The van der Waals surface area contributed by atoms with Crippen molar-refractivity contribution in [3.63, 3.8) is 0 Å². The quantitative estimate of drug-likeness (QED) is 0.539. The average molecular weight is 459 g/mol. The molecule has 1 atom stereocenters. The minimum atomic E-state index is -0.483. The number of thioether (sulfide) groups is 1. The van der Waals surface area contributed by atoms with Gasteiger partial charge < -0.3 is 10.2 Å². The van der Waals surface area contributed by atoms with Gasteiger partial charge in [-0.25, -0.2) is 0 Å². The molecule has 3 rings (SSSR count). The van der Waals surface area contributed by atoms with Crippen LogP contribution in [0.15, 0.2) is 54.6 Å². The Kier molecular flexibility index (Phi) is 9.29. The molecule has 0 spiro atoms. The summed E-state index contributed by atoms with van der Waals surface area (Å²) in [5.41, 5.74) is 2.25. The van der Waals surface area contributed by atoms with Crippen LogP contribution in [0.1, 0.15) is 43.7 Å². The molecule has 1 aliphatic carbocycles. The third kappa shape index (κ3) is 7.58. The molecule has 0 heterocycles. The van der Waals surface area contributed by atoms with Gasteiger partial charge in [-0.2, -0.15) is 0 Å². The standard InChI is InChI=1S/C25H31ClN2O2S/c1-19(25(30)27-23-12-5-6-13-23)28(15-14-20-8-3-2-4-9-20)24(29)18-31-17-21-10-7-11-22(26)16-21/h2-4,7-11,16,19,23H,5-6,12-15,17-18H2,1H3,(H,27,30)/t19-/m1/s1. The predicted molar refractivity (Wildman–Crippen MR) is 129 cm³/mol. The Morgan fingerprint density at radius 3 is 2.52 bits per heavy atom. The highest BCUT2D eigenvalue weighted by Gasteiger charge is 2.28. The summed E-state index contributed by atoms with van der Waals surface area (Å²) in [7, 11) is 0. The summed E-state index contributed by atoms with van der Waals surface area (Å²) in [4.78, 5) is 27.7. The third-order valence-corrected chi connectivity index (χ3v) is 6.96. The first-order valence-electron chi connectivity index (χ1n) is 11.0. The van der Waals surface area contributed by atoms with Crippen molar-refractivity contribution in [2.24, 2.45) is 0 Å². The van der Waals surface area contributed by atoms with E-state index >= 15 is 0 Å². The van der Waals surface area contributed by atoms with Crippen LogP contribution in [0.5, 0.6) is 0 Å². The van der Waals surface area contributed by atoms with E-state index in [4.69, 9.17) is 11.6 Å². The lowest BCUT2D eigenvalue weighted by molar-refractivity contribution is -0.138. The van der Waals surface area contributed by atoms with Gasteiger partial charge in [0.05, 0.1) is 5.75 Å². The van der Waals surface area contributed by atoms with Gasteiger partial charge in [-0.15, -0.1) is 11.8 Å². The van der Waals surface area contributed by atoms with Gasteiger partial charge in [-0.1, -0.05) is 66.9 Å². The van der Waals surface area contributed by atoms with Crippen LogP contribution in [0, 0.1) is 0 Å².